The Morgan fingerprint density at radius 2 is 1.94 bits per heavy atom. The van der Waals surface area contributed by atoms with E-state index in [2.05, 4.69) is 30.9 Å². The molecule has 2 aliphatic rings. The summed E-state index contributed by atoms with van der Waals surface area (Å²) in [5.41, 5.74) is 2.40. The standard InChI is InChI=1S/C24H31ClN2O3S/c1-15-16(2)31-24(26-15)18-5-9-20(10-6-18)27-13-22(12-23(28)29)30-14-21(27)11-17-3-7-19(25)8-4-17/h3-4,7-8,18,20-22H,5-6,9-14H2,1-2H3,(H,28,29)/t18?,20?,21-,22-/m0/s1. The SMILES string of the molecule is Cc1nc(C2CCC(N3C[C@H](CC(=O)O)OC[C@@H]3Cc3ccc(Cl)cc3)CC2)sc1C. The summed E-state index contributed by atoms with van der Waals surface area (Å²) in [5, 5.41) is 11.3. The Morgan fingerprint density at radius 3 is 2.55 bits per heavy atom. The molecule has 1 aromatic carbocycles. The number of rotatable bonds is 6. The Kier molecular flexibility index (Phi) is 7.32. The van der Waals surface area contributed by atoms with Crippen molar-refractivity contribution in [1.29, 1.82) is 0 Å². The van der Waals surface area contributed by atoms with Gasteiger partial charge in [0.15, 0.2) is 0 Å². The zero-order valence-electron chi connectivity index (χ0n) is 18.2. The van der Waals surface area contributed by atoms with Crippen molar-refractivity contribution in [2.75, 3.05) is 13.2 Å². The van der Waals surface area contributed by atoms with Crippen molar-refractivity contribution in [2.24, 2.45) is 0 Å². The first-order valence-electron chi connectivity index (χ1n) is 11.2. The summed E-state index contributed by atoms with van der Waals surface area (Å²) in [6.45, 7) is 5.51. The molecular weight excluding hydrogens is 432 g/mol. The second kappa shape index (κ2) is 9.99. The van der Waals surface area contributed by atoms with Crippen LogP contribution in [0.2, 0.25) is 5.02 Å². The van der Waals surface area contributed by atoms with Gasteiger partial charge in [0, 0.05) is 34.4 Å². The van der Waals surface area contributed by atoms with Gasteiger partial charge in [-0.15, -0.1) is 11.3 Å². The Morgan fingerprint density at radius 1 is 1.23 bits per heavy atom. The summed E-state index contributed by atoms with van der Waals surface area (Å²) in [4.78, 5) is 19.9. The van der Waals surface area contributed by atoms with Gasteiger partial charge in [0.1, 0.15) is 0 Å². The van der Waals surface area contributed by atoms with Gasteiger partial charge in [-0.1, -0.05) is 23.7 Å². The predicted molar refractivity (Wildman–Crippen MR) is 124 cm³/mol. The normalized spacial score (nSPS) is 27.3. The molecule has 0 unspecified atom stereocenters. The van der Waals surface area contributed by atoms with Crippen LogP contribution < -0.4 is 0 Å². The Balaban J connectivity index is 1.44. The van der Waals surface area contributed by atoms with Crippen molar-refractivity contribution in [1.82, 2.24) is 9.88 Å². The molecule has 2 heterocycles. The number of hydrogen-bond donors (Lipinski definition) is 1. The molecule has 2 atom stereocenters. The van der Waals surface area contributed by atoms with Crippen molar-refractivity contribution in [2.45, 2.75) is 76.5 Å². The van der Waals surface area contributed by atoms with Crippen LogP contribution in [0.15, 0.2) is 24.3 Å². The van der Waals surface area contributed by atoms with Gasteiger partial charge >= 0.3 is 5.97 Å². The molecule has 4 rings (SSSR count). The number of aromatic nitrogens is 1. The van der Waals surface area contributed by atoms with E-state index in [0.717, 1.165) is 42.8 Å². The molecule has 1 aliphatic carbocycles. The Hall–Kier alpha value is -1.47. The maximum absolute atomic E-state index is 11.3. The molecule has 31 heavy (non-hydrogen) atoms. The predicted octanol–water partition coefficient (Wildman–Crippen LogP) is 5.23. The number of carboxylic acids is 1. The van der Waals surface area contributed by atoms with Crippen molar-refractivity contribution in [3.8, 4) is 0 Å². The van der Waals surface area contributed by atoms with E-state index in [1.54, 1.807) is 0 Å². The minimum atomic E-state index is -0.792. The van der Waals surface area contributed by atoms with Crippen molar-refractivity contribution in [3.05, 3.63) is 50.4 Å². The van der Waals surface area contributed by atoms with Gasteiger partial charge in [0.25, 0.3) is 0 Å². The minimum absolute atomic E-state index is 0.0666. The van der Waals surface area contributed by atoms with Crippen LogP contribution in [0.3, 0.4) is 0 Å². The molecule has 1 N–H and O–H groups in total. The lowest BCUT2D eigenvalue weighted by Crippen LogP contribution is -2.55. The highest BCUT2D eigenvalue weighted by Crippen LogP contribution is 2.38. The molecule has 2 aromatic rings. The van der Waals surface area contributed by atoms with Crippen LogP contribution in [0.4, 0.5) is 0 Å². The lowest BCUT2D eigenvalue weighted by Gasteiger charge is -2.46. The van der Waals surface area contributed by atoms with Gasteiger partial charge in [-0.2, -0.15) is 0 Å². The summed E-state index contributed by atoms with van der Waals surface area (Å²) in [5.74, 6) is -0.237. The molecule has 2 fully saturated rings. The monoisotopic (exact) mass is 462 g/mol. The van der Waals surface area contributed by atoms with Crippen LogP contribution >= 0.6 is 22.9 Å². The summed E-state index contributed by atoms with van der Waals surface area (Å²) >= 11 is 7.90. The van der Waals surface area contributed by atoms with E-state index >= 15 is 0 Å². The van der Waals surface area contributed by atoms with E-state index < -0.39 is 5.97 Å². The zero-order chi connectivity index (χ0) is 22.0. The van der Waals surface area contributed by atoms with Crippen LogP contribution in [0.1, 0.15) is 59.2 Å². The first-order chi connectivity index (χ1) is 14.9. The second-order valence-corrected chi connectivity index (χ2v) is 10.6. The molecule has 1 saturated carbocycles. The maximum atomic E-state index is 11.3. The van der Waals surface area contributed by atoms with E-state index in [0.29, 0.717) is 25.1 Å². The number of aliphatic carboxylic acids is 1. The van der Waals surface area contributed by atoms with Gasteiger partial charge in [-0.25, -0.2) is 4.98 Å². The largest absolute Gasteiger partial charge is 0.481 e. The lowest BCUT2D eigenvalue weighted by molar-refractivity contribution is -0.145. The van der Waals surface area contributed by atoms with Crippen molar-refractivity contribution >= 4 is 28.9 Å². The summed E-state index contributed by atoms with van der Waals surface area (Å²) in [7, 11) is 0. The fourth-order valence-corrected chi connectivity index (χ4v) is 6.16. The zero-order valence-corrected chi connectivity index (χ0v) is 19.8. The molecule has 1 aromatic heterocycles. The smallest absolute Gasteiger partial charge is 0.306 e. The maximum Gasteiger partial charge on any atom is 0.306 e. The lowest BCUT2D eigenvalue weighted by atomic mass is 9.84. The highest BCUT2D eigenvalue weighted by atomic mass is 35.5. The van der Waals surface area contributed by atoms with Crippen LogP contribution in [0.25, 0.3) is 0 Å². The van der Waals surface area contributed by atoms with E-state index in [4.69, 9.17) is 21.3 Å². The van der Waals surface area contributed by atoms with Crippen molar-refractivity contribution in [3.63, 3.8) is 0 Å². The van der Waals surface area contributed by atoms with Gasteiger partial charge in [-0.05, 0) is 63.6 Å². The number of morpholine rings is 1. The number of aryl methyl sites for hydroxylation is 2. The van der Waals surface area contributed by atoms with Crippen LogP contribution in [0, 0.1) is 13.8 Å². The summed E-state index contributed by atoms with van der Waals surface area (Å²) in [6.07, 6.45) is 5.26. The third kappa shape index (κ3) is 5.67. The van der Waals surface area contributed by atoms with Gasteiger partial charge < -0.3 is 9.84 Å². The summed E-state index contributed by atoms with van der Waals surface area (Å²) < 4.78 is 5.97. The Bertz CT molecular complexity index is 873. The van der Waals surface area contributed by atoms with E-state index in [1.807, 2.05) is 23.5 Å². The van der Waals surface area contributed by atoms with Gasteiger partial charge in [0.2, 0.25) is 0 Å². The van der Waals surface area contributed by atoms with Gasteiger partial charge in [0.05, 0.1) is 29.8 Å². The first-order valence-corrected chi connectivity index (χ1v) is 12.4. The molecule has 1 aliphatic heterocycles. The molecule has 5 nitrogen and oxygen atoms in total. The summed E-state index contributed by atoms with van der Waals surface area (Å²) in [6, 6.07) is 8.75. The minimum Gasteiger partial charge on any atom is -0.481 e. The van der Waals surface area contributed by atoms with E-state index in [1.165, 1.54) is 15.4 Å². The molecule has 0 spiro atoms. The topological polar surface area (TPSA) is 62.7 Å². The van der Waals surface area contributed by atoms with Crippen LogP contribution in [-0.2, 0) is 16.0 Å². The molecule has 168 valence electrons. The average Bonchev–Trinajstić information content (AvgIpc) is 3.09. The molecule has 0 amide bonds. The van der Waals surface area contributed by atoms with Crippen molar-refractivity contribution < 1.29 is 14.6 Å². The number of thiazole rings is 1. The number of benzene rings is 1. The molecule has 7 heteroatoms. The highest BCUT2D eigenvalue weighted by molar-refractivity contribution is 7.11. The number of carboxylic acid groups (broad SMARTS) is 1. The van der Waals surface area contributed by atoms with E-state index in [9.17, 15) is 9.90 Å². The van der Waals surface area contributed by atoms with Crippen LogP contribution in [0.5, 0.6) is 0 Å². The highest BCUT2D eigenvalue weighted by Gasteiger charge is 2.37. The third-order valence-corrected chi connectivity index (χ3v) is 8.24. The molecule has 0 bridgehead atoms. The van der Waals surface area contributed by atoms with Gasteiger partial charge in [-0.3, -0.25) is 9.69 Å². The quantitative estimate of drug-likeness (QED) is 0.637. The molecular formula is C24H31ClN2O3S. The number of nitrogens with zero attached hydrogens (tertiary/aromatic N) is 2. The second-order valence-electron chi connectivity index (χ2n) is 8.93. The fourth-order valence-electron chi connectivity index (χ4n) is 4.94. The van der Waals surface area contributed by atoms with E-state index in [-0.39, 0.29) is 18.6 Å². The fraction of sp³-hybridized carbons (Fsp3) is 0.583. The number of halogens is 1. The molecule has 1 saturated heterocycles. The van der Waals surface area contributed by atoms with Crippen LogP contribution in [-0.4, -0.2) is 52.3 Å². The number of hydrogen-bond acceptors (Lipinski definition) is 5. The third-order valence-electron chi connectivity index (χ3n) is 6.75. The Labute approximate surface area is 193 Å². The molecule has 0 radical (unpaired) electrons. The average molecular weight is 463 g/mol. The first kappa shape index (κ1) is 22.7. The number of carbonyl (C=O) groups is 1. The number of ether oxygens (including phenoxy) is 1.